The van der Waals surface area contributed by atoms with Crippen LogP contribution in [-0.2, 0) is 9.53 Å². The lowest BCUT2D eigenvalue weighted by Gasteiger charge is -2.09. The molecule has 4 nitrogen and oxygen atoms in total. The molecule has 0 bridgehead atoms. The Kier molecular flexibility index (Phi) is 6.09. The third-order valence-electron chi connectivity index (χ3n) is 2.51. The second-order valence-electron chi connectivity index (χ2n) is 3.96. The van der Waals surface area contributed by atoms with Crippen LogP contribution in [0.4, 0.5) is 17.6 Å². The number of nitrogens with zero attached hydrogens (tertiary/aromatic N) is 1. The first-order valence-corrected chi connectivity index (χ1v) is 6.28. The van der Waals surface area contributed by atoms with Gasteiger partial charge in [-0.3, -0.25) is 4.99 Å². The topological polar surface area (TPSA) is 58.9 Å². The van der Waals surface area contributed by atoms with Crippen LogP contribution in [-0.4, -0.2) is 30.4 Å². The maximum absolute atomic E-state index is 13.7. The van der Waals surface area contributed by atoms with Gasteiger partial charge in [0.25, 0.3) is 0 Å². The summed E-state index contributed by atoms with van der Waals surface area (Å²) in [5, 5.41) is 9.92. The molecule has 0 atom stereocenters. The Morgan fingerprint density at radius 1 is 1.23 bits per heavy atom. The molecule has 0 spiro atoms. The van der Waals surface area contributed by atoms with Crippen LogP contribution in [0.5, 0.6) is 0 Å². The molecule has 0 heterocycles. The van der Waals surface area contributed by atoms with Crippen molar-refractivity contribution in [3.63, 3.8) is 0 Å². The maximum atomic E-state index is 13.7. The van der Waals surface area contributed by atoms with E-state index in [1.807, 2.05) is 0 Å². The average molecular weight is 319 g/mol. The molecular weight excluding hydrogens is 306 g/mol. The van der Waals surface area contributed by atoms with Gasteiger partial charge in [-0.1, -0.05) is 0 Å². The summed E-state index contributed by atoms with van der Waals surface area (Å²) in [6.07, 6.45) is 0.881. The van der Waals surface area contributed by atoms with Gasteiger partial charge in [0, 0.05) is 12.8 Å². The molecule has 1 aromatic carbocycles. The van der Waals surface area contributed by atoms with Crippen molar-refractivity contribution in [2.24, 2.45) is 4.99 Å². The predicted octanol–water partition coefficient (Wildman–Crippen LogP) is 3.17. The smallest absolute Gasteiger partial charge is 0.343 e. The van der Waals surface area contributed by atoms with E-state index in [1.165, 1.54) is 6.92 Å². The van der Waals surface area contributed by atoms with Gasteiger partial charge in [0.05, 0.1) is 12.2 Å². The van der Waals surface area contributed by atoms with Crippen LogP contribution >= 0.6 is 0 Å². The summed E-state index contributed by atoms with van der Waals surface area (Å²) in [7, 11) is 0. The van der Waals surface area contributed by atoms with E-state index in [9.17, 15) is 27.5 Å². The second kappa shape index (κ2) is 7.58. The fraction of sp³-hybridized carbons (Fsp3) is 0.286. The van der Waals surface area contributed by atoms with Crippen LogP contribution in [0.3, 0.4) is 0 Å². The number of carbonyl (C=O) groups excluding carboxylic acids is 1. The van der Waals surface area contributed by atoms with Crippen LogP contribution < -0.4 is 0 Å². The molecule has 0 aromatic heterocycles. The number of aliphatic hydroxyl groups is 1. The van der Waals surface area contributed by atoms with Crippen molar-refractivity contribution in [1.29, 1.82) is 0 Å². The van der Waals surface area contributed by atoms with E-state index >= 15 is 0 Å². The van der Waals surface area contributed by atoms with E-state index in [2.05, 4.69) is 9.73 Å². The number of carbonyl (C=O) groups is 1. The summed E-state index contributed by atoms with van der Waals surface area (Å²) in [5.74, 6) is -9.84. The molecule has 22 heavy (non-hydrogen) atoms. The van der Waals surface area contributed by atoms with E-state index in [1.54, 1.807) is 6.92 Å². The number of aliphatic imine (C=N–C) groups is 1. The summed E-state index contributed by atoms with van der Waals surface area (Å²) in [6.45, 7) is 3.28. The number of ether oxygens (including phenoxy) is 1. The Bertz CT molecular complexity index is 641. The SMILES string of the molecule is CCN=CC(C(=O)OCC)=C(O)c1cc(F)c(F)c(F)c1F. The predicted molar refractivity (Wildman–Crippen MR) is 71.5 cm³/mol. The lowest BCUT2D eigenvalue weighted by Crippen LogP contribution is -2.13. The molecule has 1 aromatic rings. The standard InChI is InChI=1S/C14H13F4NO3/c1-3-19-6-8(14(21)22-4-2)13(20)7-5-9(15)11(17)12(18)10(7)16/h5-6,20H,3-4H2,1-2H3. The highest BCUT2D eigenvalue weighted by Crippen LogP contribution is 2.25. The first kappa shape index (κ1) is 17.7. The minimum atomic E-state index is -2.10. The lowest BCUT2D eigenvalue weighted by atomic mass is 10.1. The first-order chi connectivity index (χ1) is 10.3. The van der Waals surface area contributed by atoms with E-state index in [4.69, 9.17) is 0 Å². The molecule has 120 valence electrons. The van der Waals surface area contributed by atoms with Gasteiger partial charge < -0.3 is 9.84 Å². The largest absolute Gasteiger partial charge is 0.506 e. The summed E-state index contributed by atoms with van der Waals surface area (Å²) in [6, 6.07) is 0.238. The quantitative estimate of drug-likeness (QED) is 0.172. The number of aliphatic hydroxyl groups excluding tert-OH is 1. The third kappa shape index (κ3) is 3.63. The van der Waals surface area contributed by atoms with Crippen molar-refractivity contribution in [2.75, 3.05) is 13.2 Å². The van der Waals surface area contributed by atoms with Gasteiger partial charge in [-0.2, -0.15) is 0 Å². The fourth-order valence-electron chi connectivity index (χ4n) is 1.49. The summed E-state index contributed by atoms with van der Waals surface area (Å²) in [4.78, 5) is 15.4. The van der Waals surface area contributed by atoms with E-state index in [0.29, 0.717) is 0 Å². The molecule has 0 amide bonds. The molecule has 0 radical (unpaired) electrons. The minimum absolute atomic E-state index is 0.0514. The molecule has 0 aliphatic carbocycles. The number of esters is 1. The molecule has 1 rings (SSSR count). The molecule has 0 saturated heterocycles. The Hall–Kier alpha value is -2.38. The number of benzene rings is 1. The summed E-state index contributed by atoms with van der Waals surface area (Å²) >= 11 is 0. The zero-order valence-electron chi connectivity index (χ0n) is 11.8. The zero-order chi connectivity index (χ0) is 16.9. The Morgan fingerprint density at radius 3 is 2.41 bits per heavy atom. The molecular formula is C14H13F4NO3. The lowest BCUT2D eigenvalue weighted by molar-refractivity contribution is -0.137. The monoisotopic (exact) mass is 319 g/mol. The molecule has 0 fully saturated rings. The van der Waals surface area contributed by atoms with Crippen molar-refractivity contribution in [2.45, 2.75) is 13.8 Å². The van der Waals surface area contributed by atoms with E-state index in [0.717, 1.165) is 6.21 Å². The van der Waals surface area contributed by atoms with Crippen LogP contribution in [0.1, 0.15) is 19.4 Å². The van der Waals surface area contributed by atoms with Crippen LogP contribution in [0.15, 0.2) is 16.6 Å². The number of hydrogen-bond acceptors (Lipinski definition) is 4. The van der Waals surface area contributed by atoms with Crippen LogP contribution in [0, 0.1) is 23.3 Å². The van der Waals surface area contributed by atoms with Gasteiger partial charge in [-0.25, -0.2) is 22.4 Å². The molecule has 0 aliphatic heterocycles. The number of rotatable bonds is 5. The Labute approximate surface area is 123 Å². The molecule has 1 N–H and O–H groups in total. The molecule has 0 unspecified atom stereocenters. The maximum Gasteiger partial charge on any atom is 0.343 e. The number of halogens is 4. The van der Waals surface area contributed by atoms with Crippen molar-refractivity contribution in [1.82, 2.24) is 0 Å². The highest BCUT2D eigenvalue weighted by molar-refractivity contribution is 6.15. The fourth-order valence-corrected chi connectivity index (χ4v) is 1.49. The van der Waals surface area contributed by atoms with Crippen LogP contribution in [0.2, 0.25) is 0 Å². The van der Waals surface area contributed by atoms with Gasteiger partial charge in [0.2, 0.25) is 0 Å². The average Bonchev–Trinajstić information content (AvgIpc) is 2.49. The molecule has 0 aliphatic rings. The third-order valence-corrected chi connectivity index (χ3v) is 2.51. The molecule has 8 heteroatoms. The van der Waals surface area contributed by atoms with Crippen molar-refractivity contribution in [3.8, 4) is 0 Å². The Balaban J connectivity index is 3.53. The van der Waals surface area contributed by atoms with Gasteiger partial charge >= 0.3 is 5.97 Å². The summed E-state index contributed by atoms with van der Waals surface area (Å²) < 4.78 is 57.6. The minimum Gasteiger partial charge on any atom is -0.506 e. The van der Waals surface area contributed by atoms with Crippen LogP contribution in [0.25, 0.3) is 5.76 Å². The van der Waals surface area contributed by atoms with E-state index < -0.39 is 46.1 Å². The second-order valence-corrected chi connectivity index (χ2v) is 3.96. The number of hydrogen-bond donors (Lipinski definition) is 1. The summed E-state index contributed by atoms with van der Waals surface area (Å²) in [5.41, 5.74) is -1.62. The van der Waals surface area contributed by atoms with Crippen molar-refractivity contribution in [3.05, 3.63) is 40.5 Å². The van der Waals surface area contributed by atoms with E-state index in [-0.39, 0.29) is 19.2 Å². The van der Waals surface area contributed by atoms with Crippen molar-refractivity contribution >= 4 is 17.9 Å². The highest BCUT2D eigenvalue weighted by Gasteiger charge is 2.24. The van der Waals surface area contributed by atoms with Gasteiger partial charge in [-0.05, 0) is 19.9 Å². The normalized spacial score (nSPS) is 12.5. The zero-order valence-corrected chi connectivity index (χ0v) is 11.8. The van der Waals surface area contributed by atoms with Gasteiger partial charge in [-0.15, -0.1) is 0 Å². The molecule has 0 saturated carbocycles. The highest BCUT2D eigenvalue weighted by atomic mass is 19.2. The van der Waals surface area contributed by atoms with Gasteiger partial charge in [0.15, 0.2) is 23.3 Å². The Morgan fingerprint density at radius 2 is 1.86 bits per heavy atom. The van der Waals surface area contributed by atoms with Gasteiger partial charge in [0.1, 0.15) is 11.3 Å². The first-order valence-electron chi connectivity index (χ1n) is 6.28. The van der Waals surface area contributed by atoms with Crippen molar-refractivity contribution < 1.29 is 32.2 Å².